The van der Waals surface area contributed by atoms with E-state index in [1.54, 1.807) is 26.0 Å². The van der Waals surface area contributed by atoms with E-state index in [-0.39, 0.29) is 6.61 Å². The van der Waals surface area contributed by atoms with Gasteiger partial charge in [-0.15, -0.1) is 0 Å². The summed E-state index contributed by atoms with van der Waals surface area (Å²) in [7, 11) is -3.26. The molecular formula is C20H25O5P. The summed E-state index contributed by atoms with van der Waals surface area (Å²) in [6.45, 7) is 9.74. The van der Waals surface area contributed by atoms with Gasteiger partial charge in [-0.3, -0.25) is 4.57 Å². The van der Waals surface area contributed by atoms with Gasteiger partial charge in [0.05, 0.1) is 24.4 Å². The highest BCUT2D eigenvalue weighted by Gasteiger charge is 2.33. The molecule has 0 spiro atoms. The van der Waals surface area contributed by atoms with Gasteiger partial charge >= 0.3 is 13.6 Å². The van der Waals surface area contributed by atoms with Gasteiger partial charge in [0.1, 0.15) is 6.61 Å². The van der Waals surface area contributed by atoms with E-state index in [4.69, 9.17) is 13.8 Å². The minimum absolute atomic E-state index is 0.167. The van der Waals surface area contributed by atoms with Crippen LogP contribution in [0.1, 0.15) is 42.4 Å². The third-order valence-corrected chi connectivity index (χ3v) is 6.49. The lowest BCUT2D eigenvalue weighted by molar-refractivity contribution is 0.0550. The van der Waals surface area contributed by atoms with Crippen molar-refractivity contribution in [2.24, 2.45) is 0 Å². The molecule has 1 atom stereocenters. The number of fused-ring (bicyclic) bond motifs is 1. The zero-order valence-electron chi connectivity index (χ0n) is 15.4. The predicted molar refractivity (Wildman–Crippen MR) is 104 cm³/mol. The van der Waals surface area contributed by atoms with Gasteiger partial charge in [0.2, 0.25) is 0 Å². The molecule has 0 bridgehead atoms. The third-order valence-electron chi connectivity index (χ3n) is 4.01. The summed E-state index contributed by atoms with van der Waals surface area (Å²) < 4.78 is 29.0. The lowest BCUT2D eigenvalue weighted by atomic mass is 10.0. The molecule has 1 unspecified atom stereocenters. The molecule has 2 rings (SSSR count). The average molecular weight is 376 g/mol. The van der Waals surface area contributed by atoms with Crippen LogP contribution in [0.4, 0.5) is 0 Å². The molecule has 0 aromatic heterocycles. The fourth-order valence-corrected chi connectivity index (χ4v) is 4.44. The molecule has 0 radical (unpaired) electrons. The second-order valence-corrected chi connectivity index (χ2v) is 8.13. The van der Waals surface area contributed by atoms with Gasteiger partial charge in [0.15, 0.2) is 0 Å². The van der Waals surface area contributed by atoms with Crippen LogP contribution in [0.2, 0.25) is 0 Å². The van der Waals surface area contributed by atoms with Crippen molar-refractivity contribution < 1.29 is 23.1 Å². The molecule has 0 heterocycles. The van der Waals surface area contributed by atoms with Crippen molar-refractivity contribution >= 4 is 24.3 Å². The lowest BCUT2D eigenvalue weighted by Gasteiger charge is -2.24. The van der Waals surface area contributed by atoms with E-state index < -0.39 is 19.2 Å². The van der Waals surface area contributed by atoms with Crippen LogP contribution >= 0.6 is 7.60 Å². The molecule has 6 heteroatoms. The summed E-state index contributed by atoms with van der Waals surface area (Å²) in [6.07, 6.45) is 1.53. The monoisotopic (exact) mass is 376 g/mol. The van der Waals surface area contributed by atoms with Gasteiger partial charge in [0.25, 0.3) is 0 Å². The van der Waals surface area contributed by atoms with Crippen molar-refractivity contribution in [2.75, 3.05) is 19.8 Å². The Kier molecular flexibility index (Phi) is 7.15. The number of carbonyl (C=O) groups excluding carboxylic acids is 1. The third kappa shape index (κ3) is 4.61. The van der Waals surface area contributed by atoms with Gasteiger partial charge < -0.3 is 13.8 Å². The van der Waals surface area contributed by atoms with E-state index in [2.05, 4.69) is 6.58 Å². The molecule has 140 valence electrons. The molecule has 0 N–H and O–H groups in total. The number of hydrogen-bond donors (Lipinski definition) is 0. The van der Waals surface area contributed by atoms with Crippen LogP contribution in [0.25, 0.3) is 10.8 Å². The standard InChI is InChI=1S/C20H25O5P/c1-5-12-23-20(21)18-11-9-16-8-10-17(13-19(16)14-18)15(4)26(22,24-6-2)25-7-3/h5,8-11,13-15H,1,6-7,12H2,2-4H3. The van der Waals surface area contributed by atoms with E-state index in [0.717, 1.165) is 16.3 Å². The zero-order chi connectivity index (χ0) is 19.2. The Balaban J connectivity index is 2.38. The molecule has 0 aliphatic heterocycles. The first-order valence-electron chi connectivity index (χ1n) is 8.65. The number of carbonyl (C=O) groups is 1. The molecule has 2 aromatic carbocycles. The second kappa shape index (κ2) is 9.13. The molecule has 0 aliphatic rings. The Labute approximate surface area is 154 Å². The van der Waals surface area contributed by atoms with Crippen molar-refractivity contribution in [1.29, 1.82) is 0 Å². The van der Waals surface area contributed by atoms with E-state index in [0.29, 0.717) is 18.8 Å². The Bertz CT molecular complexity index is 820. The van der Waals surface area contributed by atoms with Gasteiger partial charge in [-0.1, -0.05) is 36.9 Å². The molecule has 0 amide bonds. The maximum absolute atomic E-state index is 13.0. The van der Waals surface area contributed by atoms with Crippen LogP contribution in [0, 0.1) is 0 Å². The first-order chi connectivity index (χ1) is 12.4. The minimum Gasteiger partial charge on any atom is -0.458 e. The van der Waals surface area contributed by atoms with E-state index >= 15 is 0 Å². The summed E-state index contributed by atoms with van der Waals surface area (Å²) in [5, 5.41) is 1.84. The summed E-state index contributed by atoms with van der Waals surface area (Å²) >= 11 is 0. The summed E-state index contributed by atoms with van der Waals surface area (Å²) in [4.78, 5) is 12.0. The molecule has 0 saturated carbocycles. The SMILES string of the molecule is C=CCOC(=O)c1ccc2ccc(C(C)P(=O)(OCC)OCC)cc2c1. The normalized spacial score (nSPS) is 12.7. The largest absolute Gasteiger partial charge is 0.458 e. The topological polar surface area (TPSA) is 61.8 Å². The van der Waals surface area contributed by atoms with Gasteiger partial charge in [-0.2, -0.15) is 0 Å². The number of esters is 1. The molecule has 2 aromatic rings. The Morgan fingerprint density at radius 2 is 1.77 bits per heavy atom. The van der Waals surface area contributed by atoms with E-state index in [1.165, 1.54) is 6.08 Å². The van der Waals surface area contributed by atoms with Crippen molar-refractivity contribution in [3.05, 3.63) is 60.2 Å². The molecule has 26 heavy (non-hydrogen) atoms. The first-order valence-corrected chi connectivity index (χ1v) is 10.3. The fourth-order valence-electron chi connectivity index (χ4n) is 2.67. The van der Waals surface area contributed by atoms with Crippen LogP contribution in [0.3, 0.4) is 0 Å². The van der Waals surface area contributed by atoms with Crippen molar-refractivity contribution in [3.8, 4) is 0 Å². The van der Waals surface area contributed by atoms with Crippen LogP contribution in [-0.4, -0.2) is 25.8 Å². The van der Waals surface area contributed by atoms with E-state index in [1.807, 2.05) is 31.2 Å². The van der Waals surface area contributed by atoms with E-state index in [9.17, 15) is 9.36 Å². The Morgan fingerprint density at radius 3 is 2.38 bits per heavy atom. The van der Waals surface area contributed by atoms with Crippen LogP contribution in [0.15, 0.2) is 49.1 Å². The summed E-state index contributed by atoms with van der Waals surface area (Å²) in [5.41, 5.74) is 0.879. The Hall–Kier alpha value is -1.94. The minimum atomic E-state index is -3.26. The molecule has 0 fully saturated rings. The van der Waals surface area contributed by atoms with Crippen LogP contribution < -0.4 is 0 Å². The lowest BCUT2D eigenvalue weighted by Crippen LogP contribution is -2.05. The number of rotatable bonds is 9. The fraction of sp³-hybridized carbons (Fsp3) is 0.350. The highest BCUT2D eigenvalue weighted by Crippen LogP contribution is 2.60. The molecule has 5 nitrogen and oxygen atoms in total. The van der Waals surface area contributed by atoms with Crippen molar-refractivity contribution in [1.82, 2.24) is 0 Å². The molecular weight excluding hydrogens is 351 g/mol. The van der Waals surface area contributed by atoms with Gasteiger partial charge in [-0.25, -0.2) is 4.79 Å². The summed E-state index contributed by atoms with van der Waals surface area (Å²) in [6, 6.07) is 11.1. The quantitative estimate of drug-likeness (QED) is 0.328. The first kappa shape index (κ1) is 20.4. The highest BCUT2D eigenvalue weighted by molar-refractivity contribution is 7.54. The average Bonchev–Trinajstić information content (AvgIpc) is 2.65. The number of hydrogen-bond acceptors (Lipinski definition) is 5. The maximum Gasteiger partial charge on any atom is 0.338 e. The zero-order valence-corrected chi connectivity index (χ0v) is 16.3. The predicted octanol–water partition coefficient (Wildman–Crippen LogP) is 5.51. The highest BCUT2D eigenvalue weighted by atomic mass is 31.2. The van der Waals surface area contributed by atoms with Crippen molar-refractivity contribution in [2.45, 2.75) is 26.4 Å². The van der Waals surface area contributed by atoms with Gasteiger partial charge in [-0.05, 0) is 49.2 Å². The van der Waals surface area contributed by atoms with Crippen LogP contribution in [0.5, 0.6) is 0 Å². The number of ether oxygens (including phenoxy) is 1. The maximum atomic E-state index is 13.0. The summed E-state index contributed by atoms with van der Waals surface area (Å²) in [5.74, 6) is -0.403. The van der Waals surface area contributed by atoms with Crippen molar-refractivity contribution in [3.63, 3.8) is 0 Å². The van der Waals surface area contributed by atoms with Crippen LogP contribution in [-0.2, 0) is 18.3 Å². The smallest absolute Gasteiger partial charge is 0.338 e. The molecule has 0 aliphatic carbocycles. The molecule has 0 saturated heterocycles. The Morgan fingerprint density at radius 1 is 1.12 bits per heavy atom. The second-order valence-electron chi connectivity index (χ2n) is 5.76. The van der Waals surface area contributed by atoms with Gasteiger partial charge in [0, 0.05) is 0 Å². The number of benzene rings is 2.